The molecule has 0 atom stereocenters. The molecule has 1 aromatic carbocycles. The van der Waals surface area contributed by atoms with Crippen molar-refractivity contribution in [1.29, 1.82) is 0 Å². The fourth-order valence-electron chi connectivity index (χ4n) is 2.91. The summed E-state index contributed by atoms with van der Waals surface area (Å²) in [6.45, 7) is 13.1. The number of Topliss-reactive ketones (excluding diaryl/α,β-unsaturated/α-hetero) is 1. The van der Waals surface area contributed by atoms with Crippen LogP contribution in [-0.2, 0) is 5.41 Å². The first kappa shape index (κ1) is 16.7. The van der Waals surface area contributed by atoms with Gasteiger partial charge < -0.3 is 0 Å². The molecule has 2 rings (SSSR count). The van der Waals surface area contributed by atoms with Gasteiger partial charge in [0.2, 0.25) is 0 Å². The summed E-state index contributed by atoms with van der Waals surface area (Å²) in [5.74, 6) is 0.236. The minimum absolute atomic E-state index is 0.00880. The minimum Gasteiger partial charge on any atom is -0.294 e. The number of hydrogen-bond acceptors (Lipinski definition) is 1. The van der Waals surface area contributed by atoms with Crippen molar-refractivity contribution in [3.05, 3.63) is 58.7 Å². The number of carbonyl (C=O) groups is 1. The third-order valence-corrected chi connectivity index (χ3v) is 4.23. The van der Waals surface area contributed by atoms with Crippen molar-refractivity contribution < 1.29 is 4.79 Å². The molecule has 0 fully saturated rings. The lowest BCUT2D eigenvalue weighted by Gasteiger charge is -2.22. The zero-order chi connectivity index (χ0) is 16.5. The van der Waals surface area contributed by atoms with E-state index >= 15 is 0 Å². The van der Waals surface area contributed by atoms with Crippen molar-refractivity contribution in [2.75, 3.05) is 0 Å². The molecule has 0 saturated heterocycles. The highest BCUT2D eigenvalue weighted by atomic mass is 16.1. The second-order valence-corrected chi connectivity index (χ2v) is 8.31. The van der Waals surface area contributed by atoms with E-state index in [1.165, 1.54) is 11.1 Å². The van der Waals surface area contributed by atoms with Crippen LogP contribution in [0.3, 0.4) is 0 Å². The molecule has 1 aromatic rings. The third kappa shape index (κ3) is 3.76. The van der Waals surface area contributed by atoms with Gasteiger partial charge in [-0.25, -0.2) is 0 Å². The molecule has 0 heterocycles. The van der Waals surface area contributed by atoms with Crippen LogP contribution in [0, 0.1) is 5.41 Å². The molecule has 1 heteroatoms. The van der Waals surface area contributed by atoms with Gasteiger partial charge in [-0.15, -0.1) is 0 Å². The van der Waals surface area contributed by atoms with Gasteiger partial charge in [0.05, 0.1) is 0 Å². The van der Waals surface area contributed by atoms with Gasteiger partial charge in [-0.2, -0.15) is 0 Å². The van der Waals surface area contributed by atoms with E-state index in [0.29, 0.717) is 6.42 Å². The summed E-state index contributed by atoms with van der Waals surface area (Å²) < 4.78 is 0. The molecule has 22 heavy (non-hydrogen) atoms. The Hall–Kier alpha value is -1.63. The Bertz CT molecular complexity index is 631. The molecule has 0 saturated carbocycles. The molecular formula is C21H28O. The number of ketones is 1. The second-order valence-electron chi connectivity index (χ2n) is 8.31. The van der Waals surface area contributed by atoms with E-state index in [1.807, 2.05) is 18.2 Å². The van der Waals surface area contributed by atoms with Crippen molar-refractivity contribution in [3.8, 4) is 0 Å². The van der Waals surface area contributed by atoms with Crippen molar-refractivity contribution >= 4 is 5.78 Å². The highest BCUT2D eigenvalue weighted by Gasteiger charge is 2.23. The maximum absolute atomic E-state index is 12.8. The summed E-state index contributed by atoms with van der Waals surface area (Å²) >= 11 is 0. The van der Waals surface area contributed by atoms with Crippen molar-refractivity contribution in [2.45, 2.75) is 59.8 Å². The van der Waals surface area contributed by atoms with Crippen LogP contribution in [0.5, 0.6) is 0 Å². The Labute approximate surface area is 135 Å². The first-order chi connectivity index (χ1) is 10.1. The standard InChI is InChI=1S/C21H28O/c1-20(2,3)16-12-11-15(13-16)14-19(22)17-9-7-8-10-18(17)21(4,5)6/h7-10,12-13H,11,14H2,1-6H3. The first-order valence-electron chi connectivity index (χ1n) is 8.12. The van der Waals surface area contributed by atoms with Crippen molar-refractivity contribution in [3.63, 3.8) is 0 Å². The highest BCUT2D eigenvalue weighted by Crippen LogP contribution is 2.34. The largest absolute Gasteiger partial charge is 0.294 e. The number of allylic oxidation sites excluding steroid dienone is 4. The van der Waals surface area contributed by atoms with Crippen molar-refractivity contribution in [1.82, 2.24) is 0 Å². The van der Waals surface area contributed by atoms with Crippen LogP contribution in [0.1, 0.15) is 70.3 Å². The molecular weight excluding hydrogens is 268 g/mol. The number of hydrogen-bond donors (Lipinski definition) is 0. The molecule has 0 unspecified atom stereocenters. The van der Waals surface area contributed by atoms with Crippen LogP contribution in [0.2, 0.25) is 0 Å². The smallest absolute Gasteiger partial charge is 0.167 e. The van der Waals surface area contributed by atoms with Gasteiger partial charge >= 0.3 is 0 Å². The maximum Gasteiger partial charge on any atom is 0.167 e. The second kappa shape index (κ2) is 5.87. The zero-order valence-electron chi connectivity index (χ0n) is 14.8. The Morgan fingerprint density at radius 3 is 2.18 bits per heavy atom. The normalized spacial score (nSPS) is 15.5. The molecule has 0 bridgehead atoms. The number of rotatable bonds is 3. The van der Waals surface area contributed by atoms with Crippen LogP contribution in [0.15, 0.2) is 47.6 Å². The molecule has 1 nitrogen and oxygen atoms in total. The van der Waals surface area contributed by atoms with Crippen LogP contribution >= 0.6 is 0 Å². The summed E-state index contributed by atoms with van der Waals surface area (Å²) in [6, 6.07) is 8.03. The highest BCUT2D eigenvalue weighted by molar-refractivity contribution is 5.99. The molecule has 0 spiro atoms. The molecule has 0 amide bonds. The maximum atomic E-state index is 12.8. The lowest BCUT2D eigenvalue weighted by atomic mass is 9.82. The fourth-order valence-corrected chi connectivity index (χ4v) is 2.91. The lowest BCUT2D eigenvalue weighted by Crippen LogP contribution is -2.17. The molecule has 118 valence electrons. The van der Waals surface area contributed by atoms with Crippen LogP contribution in [-0.4, -0.2) is 5.78 Å². The van der Waals surface area contributed by atoms with E-state index in [1.54, 1.807) is 0 Å². The Morgan fingerprint density at radius 1 is 1.00 bits per heavy atom. The number of benzene rings is 1. The fraction of sp³-hybridized carbons (Fsp3) is 0.476. The summed E-state index contributed by atoms with van der Waals surface area (Å²) in [7, 11) is 0. The van der Waals surface area contributed by atoms with Crippen LogP contribution in [0.4, 0.5) is 0 Å². The van der Waals surface area contributed by atoms with Gasteiger partial charge in [-0.1, -0.05) is 83.5 Å². The summed E-state index contributed by atoms with van der Waals surface area (Å²) in [5, 5.41) is 0. The molecule has 0 radical (unpaired) electrons. The Morgan fingerprint density at radius 2 is 1.64 bits per heavy atom. The molecule has 0 aromatic heterocycles. The van der Waals surface area contributed by atoms with Gasteiger partial charge in [-0.05, 0) is 28.4 Å². The van der Waals surface area contributed by atoms with Crippen LogP contribution < -0.4 is 0 Å². The summed E-state index contributed by atoms with van der Waals surface area (Å²) in [6.07, 6.45) is 5.93. The third-order valence-electron chi connectivity index (χ3n) is 4.23. The van der Waals surface area contributed by atoms with Gasteiger partial charge in [0.25, 0.3) is 0 Å². The van der Waals surface area contributed by atoms with E-state index < -0.39 is 0 Å². The lowest BCUT2D eigenvalue weighted by molar-refractivity contribution is 0.0990. The van der Waals surface area contributed by atoms with Gasteiger partial charge in [0.15, 0.2) is 5.78 Å². The van der Waals surface area contributed by atoms with Gasteiger partial charge in [0, 0.05) is 12.0 Å². The minimum atomic E-state index is -0.00880. The topological polar surface area (TPSA) is 17.1 Å². The van der Waals surface area contributed by atoms with E-state index in [4.69, 9.17) is 0 Å². The molecule has 0 N–H and O–H groups in total. The van der Waals surface area contributed by atoms with E-state index in [9.17, 15) is 4.79 Å². The molecule has 1 aliphatic carbocycles. The van der Waals surface area contributed by atoms with Crippen molar-refractivity contribution in [2.24, 2.45) is 5.41 Å². The molecule has 0 aliphatic heterocycles. The van der Waals surface area contributed by atoms with E-state index in [0.717, 1.165) is 17.5 Å². The van der Waals surface area contributed by atoms with E-state index in [2.05, 4.69) is 59.8 Å². The Kier molecular flexibility index (Phi) is 4.47. The first-order valence-corrected chi connectivity index (χ1v) is 8.12. The average molecular weight is 296 g/mol. The average Bonchev–Trinajstić information content (AvgIpc) is 2.86. The van der Waals surface area contributed by atoms with Crippen LogP contribution in [0.25, 0.3) is 0 Å². The zero-order valence-corrected chi connectivity index (χ0v) is 14.8. The SMILES string of the molecule is CC(C)(C)C1=CCC(CC(=O)c2ccccc2C(C)(C)C)=C1. The van der Waals surface area contributed by atoms with Gasteiger partial charge in [0.1, 0.15) is 0 Å². The molecule has 1 aliphatic rings. The summed E-state index contributed by atoms with van der Waals surface area (Å²) in [4.78, 5) is 12.8. The van der Waals surface area contributed by atoms with E-state index in [-0.39, 0.29) is 16.6 Å². The van der Waals surface area contributed by atoms with Gasteiger partial charge in [-0.3, -0.25) is 4.79 Å². The quantitative estimate of drug-likeness (QED) is 0.638. The number of carbonyl (C=O) groups excluding carboxylic acids is 1. The predicted molar refractivity (Wildman–Crippen MR) is 94.3 cm³/mol. The predicted octanol–water partition coefficient (Wildman–Crippen LogP) is 5.86. The summed E-state index contributed by atoms with van der Waals surface area (Å²) in [5.41, 5.74) is 4.75. The monoisotopic (exact) mass is 296 g/mol. The Balaban J connectivity index is 2.19.